The molecule has 21 heavy (non-hydrogen) atoms. The Morgan fingerprint density at radius 1 is 1.38 bits per heavy atom. The molecule has 2 unspecified atom stereocenters. The van der Waals surface area contributed by atoms with Crippen molar-refractivity contribution < 1.29 is 14.3 Å². The third kappa shape index (κ3) is 4.10. The first-order valence-corrected chi connectivity index (χ1v) is 7.70. The van der Waals surface area contributed by atoms with E-state index in [0.29, 0.717) is 10.9 Å². The van der Waals surface area contributed by atoms with Crippen molar-refractivity contribution in [1.82, 2.24) is 0 Å². The quantitative estimate of drug-likeness (QED) is 0.670. The largest absolute Gasteiger partial charge is 0.465 e. The molecule has 0 saturated heterocycles. The second kappa shape index (κ2) is 7.31. The van der Waals surface area contributed by atoms with Gasteiger partial charge in [0, 0.05) is 6.04 Å². The number of hydrogen-bond donors (Lipinski definition) is 3. The van der Waals surface area contributed by atoms with Crippen LogP contribution in [0.4, 0.5) is 10.7 Å². The van der Waals surface area contributed by atoms with E-state index in [1.807, 2.05) is 6.92 Å². The number of carbonyl (C=O) groups excluding carboxylic acids is 2. The van der Waals surface area contributed by atoms with Crippen LogP contribution in [0.3, 0.4) is 0 Å². The van der Waals surface area contributed by atoms with E-state index in [2.05, 4.69) is 23.9 Å². The number of nitrogens with one attached hydrogen (secondary N) is 1. The molecule has 5 N–H and O–H groups in total. The number of methoxy groups -OCH3 is 1. The number of primary amides is 1. The van der Waals surface area contributed by atoms with E-state index in [1.165, 1.54) is 7.11 Å². The summed E-state index contributed by atoms with van der Waals surface area (Å²) < 4.78 is 4.66. The number of ether oxygens (including phenoxy) is 1. The summed E-state index contributed by atoms with van der Waals surface area (Å²) in [6.45, 7) is 6.31. The number of thiophene rings is 1. The van der Waals surface area contributed by atoms with Crippen LogP contribution < -0.4 is 16.8 Å². The van der Waals surface area contributed by atoms with E-state index in [9.17, 15) is 9.59 Å². The Kier molecular flexibility index (Phi) is 6.02. The molecule has 118 valence electrons. The number of hydrogen-bond acceptors (Lipinski definition) is 6. The van der Waals surface area contributed by atoms with Gasteiger partial charge >= 0.3 is 5.97 Å². The lowest BCUT2D eigenvalue weighted by Gasteiger charge is -2.18. The van der Waals surface area contributed by atoms with E-state index in [-0.39, 0.29) is 22.2 Å². The third-order valence-electron chi connectivity index (χ3n) is 3.39. The number of nitrogens with two attached hydrogens (primary N) is 2. The molecule has 0 spiro atoms. The number of anilines is 2. The van der Waals surface area contributed by atoms with Gasteiger partial charge in [-0.05, 0) is 19.3 Å². The normalized spacial score (nSPS) is 13.5. The second-order valence-corrected chi connectivity index (χ2v) is 6.22. The molecule has 0 aliphatic rings. The molecule has 7 heteroatoms. The molecule has 0 bridgehead atoms. The first-order chi connectivity index (χ1) is 9.81. The van der Waals surface area contributed by atoms with Gasteiger partial charge in [0.15, 0.2) is 0 Å². The van der Waals surface area contributed by atoms with Gasteiger partial charge in [-0.25, -0.2) is 4.79 Å². The fourth-order valence-corrected chi connectivity index (χ4v) is 3.24. The Hall–Kier alpha value is -1.76. The molecule has 1 aromatic rings. The summed E-state index contributed by atoms with van der Waals surface area (Å²) in [5.41, 5.74) is 11.5. The van der Waals surface area contributed by atoms with Gasteiger partial charge in [0.05, 0.1) is 18.4 Å². The first-order valence-electron chi connectivity index (χ1n) is 6.88. The molecule has 2 atom stereocenters. The zero-order valence-electron chi connectivity index (χ0n) is 12.9. The number of rotatable bonds is 7. The molecule has 1 rings (SSSR count). The minimum Gasteiger partial charge on any atom is -0.465 e. The smallest absolute Gasteiger partial charge is 0.350 e. The number of nitrogen functional groups attached to an aromatic ring is 1. The molecular formula is C14H23N3O3S. The van der Waals surface area contributed by atoms with Crippen LogP contribution in [0, 0.1) is 5.92 Å². The fraction of sp³-hybridized carbons (Fsp3) is 0.571. The molecule has 1 amide bonds. The van der Waals surface area contributed by atoms with Gasteiger partial charge in [0.25, 0.3) is 5.91 Å². The highest BCUT2D eigenvalue weighted by Crippen LogP contribution is 2.36. The molecule has 0 aliphatic carbocycles. The average molecular weight is 313 g/mol. The zero-order valence-corrected chi connectivity index (χ0v) is 13.7. The molecule has 6 nitrogen and oxygen atoms in total. The summed E-state index contributed by atoms with van der Waals surface area (Å²) in [7, 11) is 1.27. The Bertz CT molecular complexity index is 528. The molecule has 0 fully saturated rings. The van der Waals surface area contributed by atoms with Crippen LogP contribution in [0.2, 0.25) is 0 Å². The summed E-state index contributed by atoms with van der Waals surface area (Å²) in [6.07, 6.45) is 2.02. The Morgan fingerprint density at radius 3 is 2.48 bits per heavy atom. The van der Waals surface area contributed by atoms with E-state index in [4.69, 9.17) is 11.5 Å². The van der Waals surface area contributed by atoms with Crippen molar-refractivity contribution in [3.8, 4) is 0 Å². The molecule has 0 aromatic carbocycles. The maximum absolute atomic E-state index is 11.7. The Morgan fingerprint density at radius 2 is 2.00 bits per heavy atom. The molecular weight excluding hydrogens is 290 g/mol. The van der Waals surface area contributed by atoms with Gasteiger partial charge in [0.1, 0.15) is 9.88 Å². The van der Waals surface area contributed by atoms with Crippen molar-refractivity contribution in [1.29, 1.82) is 0 Å². The number of carbonyl (C=O) groups is 2. The van der Waals surface area contributed by atoms with Gasteiger partial charge in [0.2, 0.25) is 0 Å². The Balaban J connectivity index is 3.05. The minimum absolute atomic E-state index is 0.0811. The van der Waals surface area contributed by atoms with Gasteiger partial charge < -0.3 is 21.5 Å². The van der Waals surface area contributed by atoms with Crippen molar-refractivity contribution in [2.45, 2.75) is 39.7 Å². The highest BCUT2D eigenvalue weighted by molar-refractivity contribution is 7.19. The molecule has 1 aromatic heterocycles. The lowest BCUT2D eigenvalue weighted by Crippen LogP contribution is -2.21. The zero-order chi connectivity index (χ0) is 16.2. The topological polar surface area (TPSA) is 107 Å². The van der Waals surface area contributed by atoms with Crippen molar-refractivity contribution in [2.24, 2.45) is 11.7 Å². The SMILES string of the molecule is CCC(C)CC(C)Nc1sc(C(=O)OC)c(N)c1C(N)=O. The van der Waals surface area contributed by atoms with Gasteiger partial charge in [-0.3, -0.25) is 4.79 Å². The highest BCUT2D eigenvalue weighted by atomic mass is 32.1. The standard InChI is InChI=1S/C14H23N3O3S/c1-5-7(2)6-8(3)17-13-9(12(16)18)10(15)11(21-13)14(19)20-4/h7-8,17H,5-6,15H2,1-4H3,(H2,16,18). The Labute approximate surface area is 128 Å². The maximum atomic E-state index is 11.7. The highest BCUT2D eigenvalue weighted by Gasteiger charge is 2.25. The molecule has 0 radical (unpaired) electrons. The summed E-state index contributed by atoms with van der Waals surface area (Å²) in [5, 5.41) is 3.75. The van der Waals surface area contributed by atoms with E-state index in [0.717, 1.165) is 24.2 Å². The van der Waals surface area contributed by atoms with Crippen molar-refractivity contribution in [2.75, 3.05) is 18.2 Å². The lowest BCUT2D eigenvalue weighted by molar-refractivity contribution is 0.0607. The third-order valence-corrected chi connectivity index (χ3v) is 4.51. The van der Waals surface area contributed by atoms with Gasteiger partial charge in [-0.15, -0.1) is 11.3 Å². The van der Waals surface area contributed by atoms with Crippen LogP contribution >= 0.6 is 11.3 Å². The van der Waals surface area contributed by atoms with Crippen LogP contribution in [0.15, 0.2) is 0 Å². The van der Waals surface area contributed by atoms with Crippen LogP contribution in [0.1, 0.15) is 53.6 Å². The minimum atomic E-state index is -0.655. The monoisotopic (exact) mass is 313 g/mol. The van der Waals surface area contributed by atoms with E-state index >= 15 is 0 Å². The summed E-state index contributed by atoms with van der Waals surface area (Å²) in [6, 6.07) is 0.140. The van der Waals surface area contributed by atoms with E-state index in [1.54, 1.807) is 0 Å². The summed E-state index contributed by atoms with van der Waals surface area (Å²) in [5.74, 6) is -0.665. The van der Waals surface area contributed by atoms with Gasteiger partial charge in [-0.2, -0.15) is 0 Å². The first kappa shape index (κ1) is 17.3. The molecule has 0 saturated carbocycles. The second-order valence-electron chi connectivity index (χ2n) is 5.20. The fourth-order valence-electron chi connectivity index (χ4n) is 2.09. The summed E-state index contributed by atoms with van der Waals surface area (Å²) >= 11 is 1.10. The van der Waals surface area contributed by atoms with Crippen molar-refractivity contribution >= 4 is 33.9 Å². The predicted octanol–water partition coefficient (Wildman–Crippen LogP) is 2.45. The van der Waals surface area contributed by atoms with Gasteiger partial charge in [-0.1, -0.05) is 20.3 Å². The van der Waals surface area contributed by atoms with E-state index < -0.39 is 11.9 Å². The predicted molar refractivity (Wildman–Crippen MR) is 85.7 cm³/mol. The maximum Gasteiger partial charge on any atom is 0.350 e. The molecule has 1 heterocycles. The summed E-state index contributed by atoms with van der Waals surface area (Å²) in [4.78, 5) is 23.4. The average Bonchev–Trinajstić information content (AvgIpc) is 2.74. The van der Waals surface area contributed by atoms with Crippen LogP contribution in [-0.2, 0) is 4.74 Å². The number of esters is 1. The van der Waals surface area contributed by atoms with Crippen LogP contribution in [0.25, 0.3) is 0 Å². The number of amides is 1. The van der Waals surface area contributed by atoms with Crippen molar-refractivity contribution in [3.63, 3.8) is 0 Å². The van der Waals surface area contributed by atoms with Crippen LogP contribution in [-0.4, -0.2) is 25.0 Å². The van der Waals surface area contributed by atoms with Crippen molar-refractivity contribution in [3.05, 3.63) is 10.4 Å². The molecule has 0 aliphatic heterocycles. The van der Waals surface area contributed by atoms with Crippen LogP contribution in [0.5, 0.6) is 0 Å². The lowest BCUT2D eigenvalue weighted by atomic mass is 10.0.